The van der Waals surface area contributed by atoms with E-state index in [1.54, 1.807) is 19.1 Å². The van der Waals surface area contributed by atoms with E-state index in [-0.39, 0.29) is 18.3 Å². The number of aryl methyl sites for hydroxylation is 2. The van der Waals surface area contributed by atoms with Crippen LogP contribution in [0.5, 0.6) is 0 Å². The summed E-state index contributed by atoms with van der Waals surface area (Å²) in [6, 6.07) is 10.9. The fraction of sp³-hybridized carbons (Fsp3) is 0.350. The van der Waals surface area contributed by atoms with Gasteiger partial charge in [-0.25, -0.2) is 12.8 Å². The quantitative estimate of drug-likeness (QED) is 0.869. The Kier molecular flexibility index (Phi) is 5.62. The summed E-state index contributed by atoms with van der Waals surface area (Å²) in [7, 11) is -3.66. The highest BCUT2D eigenvalue weighted by Gasteiger charge is 2.34. The van der Waals surface area contributed by atoms with Crippen LogP contribution in [0.1, 0.15) is 24.0 Å². The Morgan fingerprint density at radius 2 is 1.85 bits per heavy atom. The van der Waals surface area contributed by atoms with Crippen LogP contribution in [-0.2, 0) is 14.8 Å². The highest BCUT2D eigenvalue weighted by molar-refractivity contribution is 7.89. The number of rotatable bonds is 4. The summed E-state index contributed by atoms with van der Waals surface area (Å²) in [5.74, 6) is -1.07. The summed E-state index contributed by atoms with van der Waals surface area (Å²) in [6.07, 6.45) is 1.23. The maximum Gasteiger partial charge on any atom is 0.243 e. The number of amides is 1. The lowest BCUT2D eigenvalue weighted by Crippen LogP contribution is -2.43. The third kappa shape index (κ3) is 4.36. The van der Waals surface area contributed by atoms with Gasteiger partial charge in [0.1, 0.15) is 5.82 Å². The second-order valence-corrected chi connectivity index (χ2v) is 8.87. The van der Waals surface area contributed by atoms with Gasteiger partial charge < -0.3 is 5.32 Å². The molecule has 1 unspecified atom stereocenters. The van der Waals surface area contributed by atoms with Crippen LogP contribution in [0, 0.1) is 25.6 Å². The Morgan fingerprint density at radius 1 is 1.15 bits per heavy atom. The molecule has 1 heterocycles. The molecular formula is C20H23FN2O3S. The fourth-order valence-electron chi connectivity index (χ4n) is 3.28. The molecular weight excluding hydrogens is 367 g/mol. The molecule has 1 amide bonds. The van der Waals surface area contributed by atoms with E-state index in [1.165, 1.54) is 28.6 Å². The normalized spacial score (nSPS) is 18.3. The minimum absolute atomic E-state index is 0.142. The lowest BCUT2D eigenvalue weighted by atomic mass is 9.99. The molecule has 0 aliphatic carbocycles. The number of halogens is 1. The number of anilines is 1. The maximum atomic E-state index is 13.1. The molecule has 0 spiro atoms. The first-order valence-corrected chi connectivity index (χ1v) is 10.4. The van der Waals surface area contributed by atoms with Gasteiger partial charge in [-0.05, 0) is 68.1 Å². The SMILES string of the molecule is Cc1ccc(C)c(S(=O)(=O)N2CCCC(C(=O)Nc3ccc(F)cc3)C2)c1. The molecule has 144 valence electrons. The Labute approximate surface area is 159 Å². The van der Waals surface area contributed by atoms with Gasteiger partial charge in [0.25, 0.3) is 0 Å². The van der Waals surface area contributed by atoms with Gasteiger partial charge in [-0.2, -0.15) is 4.31 Å². The molecule has 0 bridgehead atoms. The number of nitrogens with zero attached hydrogens (tertiary/aromatic N) is 1. The molecule has 2 aromatic rings. The van der Waals surface area contributed by atoms with Crippen LogP contribution in [0.4, 0.5) is 10.1 Å². The van der Waals surface area contributed by atoms with E-state index in [0.29, 0.717) is 35.5 Å². The van der Waals surface area contributed by atoms with Gasteiger partial charge in [-0.15, -0.1) is 0 Å². The van der Waals surface area contributed by atoms with Gasteiger partial charge in [0.05, 0.1) is 10.8 Å². The minimum Gasteiger partial charge on any atom is -0.326 e. The van der Waals surface area contributed by atoms with Crippen molar-refractivity contribution in [1.82, 2.24) is 4.31 Å². The predicted octanol–water partition coefficient (Wildman–Crippen LogP) is 3.48. The molecule has 1 atom stereocenters. The summed E-state index contributed by atoms with van der Waals surface area (Å²) in [5.41, 5.74) is 2.07. The average Bonchev–Trinajstić information content (AvgIpc) is 2.65. The molecule has 2 aromatic carbocycles. The number of carbonyl (C=O) groups is 1. The summed E-state index contributed by atoms with van der Waals surface area (Å²) in [6.45, 7) is 4.17. The average molecular weight is 390 g/mol. The van der Waals surface area contributed by atoms with Crippen molar-refractivity contribution in [2.45, 2.75) is 31.6 Å². The molecule has 3 rings (SSSR count). The zero-order valence-corrected chi connectivity index (χ0v) is 16.2. The number of nitrogens with one attached hydrogen (secondary N) is 1. The van der Waals surface area contributed by atoms with Crippen molar-refractivity contribution in [3.63, 3.8) is 0 Å². The predicted molar refractivity (Wildman–Crippen MR) is 102 cm³/mol. The molecule has 1 N–H and O–H groups in total. The number of sulfonamides is 1. The van der Waals surface area contributed by atoms with Crippen molar-refractivity contribution in [3.8, 4) is 0 Å². The third-order valence-electron chi connectivity index (χ3n) is 4.83. The number of benzene rings is 2. The van der Waals surface area contributed by atoms with Gasteiger partial charge >= 0.3 is 0 Å². The van der Waals surface area contributed by atoms with Crippen molar-refractivity contribution < 1.29 is 17.6 Å². The molecule has 1 aliphatic rings. The van der Waals surface area contributed by atoms with E-state index in [4.69, 9.17) is 0 Å². The van der Waals surface area contributed by atoms with E-state index >= 15 is 0 Å². The van der Waals surface area contributed by atoms with Gasteiger partial charge in [0, 0.05) is 18.8 Å². The van der Waals surface area contributed by atoms with E-state index < -0.39 is 15.9 Å². The van der Waals surface area contributed by atoms with Crippen molar-refractivity contribution >= 4 is 21.6 Å². The second-order valence-electron chi connectivity index (χ2n) is 6.97. The van der Waals surface area contributed by atoms with Crippen LogP contribution in [0.15, 0.2) is 47.4 Å². The van der Waals surface area contributed by atoms with Gasteiger partial charge in [-0.1, -0.05) is 12.1 Å². The highest BCUT2D eigenvalue weighted by atomic mass is 32.2. The zero-order chi connectivity index (χ0) is 19.6. The van der Waals surface area contributed by atoms with Crippen molar-refractivity contribution in [2.24, 2.45) is 5.92 Å². The Hall–Kier alpha value is -2.25. The molecule has 5 nitrogen and oxygen atoms in total. The van der Waals surface area contributed by atoms with Crippen molar-refractivity contribution in [3.05, 3.63) is 59.4 Å². The second kappa shape index (κ2) is 7.78. The fourth-order valence-corrected chi connectivity index (χ4v) is 5.11. The first-order chi connectivity index (χ1) is 12.8. The molecule has 0 aromatic heterocycles. The highest BCUT2D eigenvalue weighted by Crippen LogP contribution is 2.27. The van der Waals surface area contributed by atoms with Gasteiger partial charge in [0.15, 0.2) is 0 Å². The van der Waals surface area contributed by atoms with Crippen LogP contribution in [0.25, 0.3) is 0 Å². The standard InChI is InChI=1S/C20H23FN2O3S/c1-14-5-6-15(2)19(12-14)27(25,26)23-11-3-4-16(13-23)20(24)22-18-9-7-17(21)8-10-18/h5-10,12,16H,3-4,11,13H2,1-2H3,(H,22,24). The minimum atomic E-state index is -3.66. The van der Waals surface area contributed by atoms with Gasteiger partial charge in [-0.3, -0.25) is 4.79 Å². The summed E-state index contributed by atoms with van der Waals surface area (Å²) < 4.78 is 40.5. The van der Waals surface area contributed by atoms with Crippen LogP contribution in [0.2, 0.25) is 0 Å². The molecule has 1 saturated heterocycles. The summed E-state index contributed by atoms with van der Waals surface area (Å²) in [4.78, 5) is 12.8. The van der Waals surface area contributed by atoms with Crippen LogP contribution in [0.3, 0.4) is 0 Å². The molecule has 0 saturated carbocycles. The Morgan fingerprint density at radius 3 is 2.56 bits per heavy atom. The first kappa shape index (κ1) is 19.5. The van der Waals surface area contributed by atoms with E-state index in [9.17, 15) is 17.6 Å². The smallest absolute Gasteiger partial charge is 0.243 e. The molecule has 0 radical (unpaired) electrons. The first-order valence-electron chi connectivity index (χ1n) is 8.91. The maximum absolute atomic E-state index is 13.1. The Bertz CT molecular complexity index is 942. The van der Waals surface area contributed by atoms with Gasteiger partial charge in [0.2, 0.25) is 15.9 Å². The van der Waals surface area contributed by atoms with Crippen LogP contribution >= 0.6 is 0 Å². The third-order valence-corrected chi connectivity index (χ3v) is 6.84. The summed E-state index contributed by atoms with van der Waals surface area (Å²) in [5, 5.41) is 2.74. The summed E-state index contributed by atoms with van der Waals surface area (Å²) >= 11 is 0. The number of hydrogen-bond donors (Lipinski definition) is 1. The number of carbonyl (C=O) groups excluding carboxylic acids is 1. The van der Waals surface area contributed by atoms with Crippen LogP contribution < -0.4 is 5.32 Å². The molecule has 1 fully saturated rings. The zero-order valence-electron chi connectivity index (χ0n) is 15.4. The Balaban J connectivity index is 1.76. The number of hydrogen-bond acceptors (Lipinski definition) is 3. The molecule has 1 aliphatic heterocycles. The number of piperidine rings is 1. The van der Waals surface area contributed by atoms with Crippen molar-refractivity contribution in [2.75, 3.05) is 18.4 Å². The van der Waals surface area contributed by atoms with E-state index in [0.717, 1.165) is 5.56 Å². The lowest BCUT2D eigenvalue weighted by Gasteiger charge is -2.31. The topological polar surface area (TPSA) is 66.5 Å². The molecule has 27 heavy (non-hydrogen) atoms. The van der Waals surface area contributed by atoms with Crippen LogP contribution in [-0.4, -0.2) is 31.7 Å². The van der Waals surface area contributed by atoms with Crippen molar-refractivity contribution in [1.29, 1.82) is 0 Å². The largest absolute Gasteiger partial charge is 0.326 e. The van der Waals surface area contributed by atoms with E-state index in [1.807, 2.05) is 13.0 Å². The lowest BCUT2D eigenvalue weighted by molar-refractivity contribution is -0.120. The van der Waals surface area contributed by atoms with E-state index in [2.05, 4.69) is 5.32 Å². The molecule has 7 heteroatoms. The monoisotopic (exact) mass is 390 g/mol.